The number of hydrogen-bond acceptors (Lipinski definition) is 6. The van der Waals surface area contributed by atoms with Gasteiger partial charge in [-0.25, -0.2) is 0 Å². The number of ether oxygens (including phenoxy) is 2. The van der Waals surface area contributed by atoms with Gasteiger partial charge in [0.1, 0.15) is 35.6 Å². The average Bonchev–Trinajstić information content (AvgIpc) is 2.72. The Kier molecular flexibility index (Phi) is 11.2. The maximum Gasteiger partial charge on any atom is 0.317 e. The van der Waals surface area contributed by atoms with Crippen LogP contribution in [-0.4, -0.2) is 35.7 Å². The van der Waals surface area contributed by atoms with E-state index in [2.05, 4.69) is 41.5 Å². The van der Waals surface area contributed by atoms with Crippen LogP contribution in [0.5, 0.6) is 0 Å². The largest absolute Gasteiger partial charge is 0.462 e. The van der Waals surface area contributed by atoms with Crippen LogP contribution in [0.2, 0.25) is 0 Å². The lowest BCUT2D eigenvalue weighted by atomic mass is 9.74. The summed E-state index contributed by atoms with van der Waals surface area (Å²) in [5, 5.41) is 0. The van der Waals surface area contributed by atoms with E-state index in [1.807, 2.05) is 0 Å². The molecule has 0 radical (unpaired) electrons. The van der Waals surface area contributed by atoms with E-state index in [4.69, 9.17) is 9.47 Å². The number of carbonyl (C=O) groups excluding carboxylic acids is 4. The molecule has 2 rings (SSSR count). The van der Waals surface area contributed by atoms with Crippen molar-refractivity contribution in [1.82, 2.24) is 0 Å². The van der Waals surface area contributed by atoms with Crippen molar-refractivity contribution in [2.75, 3.05) is 0 Å². The highest BCUT2D eigenvalue weighted by Crippen LogP contribution is 2.38. The Morgan fingerprint density at radius 3 is 1.22 bits per heavy atom. The molecule has 2 aliphatic carbocycles. The van der Waals surface area contributed by atoms with Crippen LogP contribution in [0.25, 0.3) is 0 Å². The molecular formula is C30H50O6. The molecule has 1 unspecified atom stereocenters. The Labute approximate surface area is 218 Å². The fraction of sp³-hybridized carbons (Fsp3) is 0.867. The minimum absolute atomic E-state index is 0.239. The first kappa shape index (κ1) is 30.5. The van der Waals surface area contributed by atoms with Crippen molar-refractivity contribution in [3.63, 3.8) is 0 Å². The van der Waals surface area contributed by atoms with Gasteiger partial charge in [-0.15, -0.1) is 0 Å². The zero-order chi connectivity index (χ0) is 27.3. The van der Waals surface area contributed by atoms with Gasteiger partial charge in [-0.05, 0) is 81.0 Å². The van der Waals surface area contributed by atoms with Gasteiger partial charge in [-0.1, -0.05) is 61.3 Å². The molecule has 0 aromatic heterocycles. The van der Waals surface area contributed by atoms with E-state index < -0.39 is 29.7 Å². The Hall–Kier alpha value is -1.72. The maximum absolute atomic E-state index is 13.4. The highest BCUT2D eigenvalue weighted by atomic mass is 16.6. The van der Waals surface area contributed by atoms with Crippen LogP contribution in [0.3, 0.4) is 0 Å². The summed E-state index contributed by atoms with van der Waals surface area (Å²) >= 11 is 0. The third-order valence-electron chi connectivity index (χ3n) is 8.89. The van der Waals surface area contributed by atoms with Gasteiger partial charge in [0, 0.05) is 0 Å². The van der Waals surface area contributed by atoms with E-state index in [9.17, 15) is 19.2 Å². The number of rotatable bonds is 10. The molecule has 36 heavy (non-hydrogen) atoms. The Morgan fingerprint density at radius 1 is 0.611 bits per heavy atom. The van der Waals surface area contributed by atoms with Crippen LogP contribution in [-0.2, 0) is 28.7 Å². The minimum atomic E-state index is -1.18. The number of ketones is 2. The first-order chi connectivity index (χ1) is 16.7. The van der Waals surface area contributed by atoms with Gasteiger partial charge >= 0.3 is 11.9 Å². The van der Waals surface area contributed by atoms with Crippen LogP contribution in [0.4, 0.5) is 0 Å². The molecule has 6 nitrogen and oxygen atoms in total. The van der Waals surface area contributed by atoms with Crippen LogP contribution in [0.1, 0.15) is 101 Å². The summed E-state index contributed by atoms with van der Waals surface area (Å²) in [6.07, 6.45) is 5.18. The molecule has 0 N–H and O–H groups in total. The monoisotopic (exact) mass is 506 g/mol. The van der Waals surface area contributed by atoms with E-state index in [1.54, 1.807) is 6.92 Å². The van der Waals surface area contributed by atoms with Crippen molar-refractivity contribution < 1.29 is 28.7 Å². The summed E-state index contributed by atoms with van der Waals surface area (Å²) < 4.78 is 12.0. The molecule has 9 atom stereocenters. The van der Waals surface area contributed by atoms with Gasteiger partial charge in [0.15, 0.2) is 0 Å². The fourth-order valence-electron chi connectivity index (χ4n) is 6.64. The lowest BCUT2D eigenvalue weighted by Crippen LogP contribution is -2.45. The smallest absolute Gasteiger partial charge is 0.317 e. The van der Waals surface area contributed by atoms with Crippen molar-refractivity contribution in [2.24, 2.45) is 53.3 Å². The Balaban J connectivity index is 2.22. The van der Waals surface area contributed by atoms with E-state index in [0.29, 0.717) is 23.7 Å². The molecule has 0 saturated heterocycles. The van der Waals surface area contributed by atoms with Crippen LogP contribution in [0, 0.1) is 53.3 Å². The topological polar surface area (TPSA) is 86.7 Å². The quantitative estimate of drug-likeness (QED) is 0.265. The standard InChI is InChI=1S/C30H50O6/c1-16(2)23-12-10-18(5)14-25(23)35-29(33)27(21(8)31)20(7)28(22(9)32)30(34)36-26-15-19(6)11-13-24(26)17(3)4/h16-20,23-28H,10-15H2,1-9H3/t18-,19+,20?,23-,24-,25-,26-,27-,28-/m1/s1. The predicted octanol–water partition coefficient (Wildman–Crippen LogP) is 6.04. The fourth-order valence-corrected chi connectivity index (χ4v) is 6.64. The molecule has 0 aliphatic heterocycles. The van der Waals surface area contributed by atoms with Crippen LogP contribution < -0.4 is 0 Å². The van der Waals surface area contributed by atoms with E-state index in [-0.39, 0.29) is 35.6 Å². The van der Waals surface area contributed by atoms with Crippen molar-refractivity contribution in [3.05, 3.63) is 0 Å². The summed E-state index contributed by atoms with van der Waals surface area (Å²) in [5.41, 5.74) is 0. The average molecular weight is 507 g/mol. The predicted molar refractivity (Wildman–Crippen MR) is 140 cm³/mol. The van der Waals surface area contributed by atoms with Crippen molar-refractivity contribution in [2.45, 2.75) is 113 Å². The van der Waals surface area contributed by atoms with E-state index in [1.165, 1.54) is 13.8 Å². The summed E-state index contributed by atoms with van der Waals surface area (Å²) in [4.78, 5) is 52.2. The summed E-state index contributed by atoms with van der Waals surface area (Å²) in [7, 11) is 0. The summed E-state index contributed by atoms with van der Waals surface area (Å²) in [6.45, 7) is 17.1. The molecule has 0 aromatic carbocycles. The van der Waals surface area contributed by atoms with Crippen molar-refractivity contribution in [1.29, 1.82) is 0 Å². The number of hydrogen-bond donors (Lipinski definition) is 0. The van der Waals surface area contributed by atoms with Crippen molar-refractivity contribution in [3.8, 4) is 0 Å². The molecule has 6 heteroatoms. The second-order valence-corrected chi connectivity index (χ2v) is 12.6. The Morgan fingerprint density at radius 2 is 0.944 bits per heavy atom. The van der Waals surface area contributed by atoms with Gasteiger partial charge in [0.05, 0.1) is 0 Å². The van der Waals surface area contributed by atoms with Crippen LogP contribution in [0.15, 0.2) is 0 Å². The molecule has 2 aliphatic rings. The number of carbonyl (C=O) groups is 4. The second kappa shape index (κ2) is 13.2. The normalized spacial score (nSPS) is 31.4. The molecule has 2 saturated carbocycles. The molecular weight excluding hydrogens is 456 g/mol. The highest BCUT2D eigenvalue weighted by molar-refractivity contribution is 6.02. The molecule has 2 fully saturated rings. The zero-order valence-corrected chi connectivity index (χ0v) is 24.0. The first-order valence-corrected chi connectivity index (χ1v) is 14.2. The van der Waals surface area contributed by atoms with Crippen molar-refractivity contribution >= 4 is 23.5 Å². The Bertz CT molecular complexity index is 722. The van der Waals surface area contributed by atoms with E-state index >= 15 is 0 Å². The van der Waals surface area contributed by atoms with Gasteiger partial charge < -0.3 is 9.47 Å². The molecule has 0 heterocycles. The third-order valence-corrected chi connectivity index (χ3v) is 8.89. The minimum Gasteiger partial charge on any atom is -0.462 e. The molecule has 0 amide bonds. The van der Waals surface area contributed by atoms with E-state index in [0.717, 1.165) is 38.5 Å². The first-order valence-electron chi connectivity index (χ1n) is 14.2. The lowest BCUT2D eigenvalue weighted by molar-refractivity contribution is -0.170. The third kappa shape index (κ3) is 7.64. The molecule has 0 spiro atoms. The summed E-state index contributed by atoms with van der Waals surface area (Å²) in [6, 6.07) is 0. The summed E-state index contributed by atoms with van der Waals surface area (Å²) in [5.74, 6) is -3.13. The van der Waals surface area contributed by atoms with Gasteiger partial charge in [0.2, 0.25) is 0 Å². The van der Waals surface area contributed by atoms with Crippen LogP contribution >= 0.6 is 0 Å². The highest BCUT2D eigenvalue weighted by Gasteiger charge is 2.45. The maximum atomic E-state index is 13.4. The number of Topliss-reactive ketones (excluding diaryl/α,β-unsaturated/α-hetero) is 2. The SMILES string of the molecule is CC(=O)[C@H](C(=O)O[C@@H]1C[C@H](C)CC[C@@H]1C(C)C)C(C)[C@H](C(C)=O)C(=O)O[C@@H]1C[C@@H](C)CC[C@@H]1C(C)C. The number of esters is 2. The lowest BCUT2D eigenvalue weighted by Gasteiger charge is -2.38. The van der Waals surface area contributed by atoms with Gasteiger partial charge in [0.25, 0.3) is 0 Å². The molecule has 0 aromatic rings. The van der Waals surface area contributed by atoms with Gasteiger partial charge in [-0.3, -0.25) is 19.2 Å². The molecule has 206 valence electrons. The van der Waals surface area contributed by atoms with Gasteiger partial charge in [-0.2, -0.15) is 0 Å². The molecule has 0 bridgehead atoms. The zero-order valence-electron chi connectivity index (χ0n) is 24.0. The second-order valence-electron chi connectivity index (χ2n) is 12.6.